The highest BCUT2D eigenvalue weighted by Crippen LogP contribution is 2.21. The van der Waals surface area contributed by atoms with Crippen molar-refractivity contribution in [3.63, 3.8) is 0 Å². The Morgan fingerprint density at radius 1 is 0.941 bits per heavy atom. The molecule has 0 bridgehead atoms. The van der Waals surface area contributed by atoms with Crippen LogP contribution in [-0.2, 0) is 0 Å². The molecule has 0 aromatic carbocycles. The molecule has 2 atom stereocenters. The minimum absolute atomic E-state index is 0.884. The van der Waals surface area contributed by atoms with Crippen LogP contribution in [0.5, 0.6) is 0 Å². The summed E-state index contributed by atoms with van der Waals surface area (Å²) in [7, 11) is 0. The van der Waals surface area contributed by atoms with Crippen molar-refractivity contribution in [2.75, 3.05) is 52.4 Å². The van der Waals surface area contributed by atoms with Gasteiger partial charge in [0.2, 0.25) is 0 Å². The number of hydrogen-bond donors (Lipinski definition) is 1. The molecule has 0 aromatic rings. The molecule has 2 aliphatic heterocycles. The second-order valence-electron chi connectivity index (χ2n) is 5.99. The van der Waals surface area contributed by atoms with Gasteiger partial charge in [-0.05, 0) is 44.3 Å². The fraction of sp³-hybridized carbons (Fsp3) is 1.00. The van der Waals surface area contributed by atoms with Crippen LogP contribution in [0.2, 0.25) is 0 Å². The summed E-state index contributed by atoms with van der Waals surface area (Å²) in [4.78, 5) is 5.30. The lowest BCUT2D eigenvalue weighted by molar-refractivity contribution is 0.122. The van der Waals surface area contributed by atoms with Crippen LogP contribution < -0.4 is 5.32 Å². The predicted octanol–water partition coefficient (Wildman–Crippen LogP) is 1.26. The Bertz CT molecular complexity index is 212. The van der Waals surface area contributed by atoms with Crippen molar-refractivity contribution in [1.82, 2.24) is 15.1 Å². The van der Waals surface area contributed by atoms with Crippen LogP contribution in [0.25, 0.3) is 0 Å². The van der Waals surface area contributed by atoms with Crippen molar-refractivity contribution in [1.29, 1.82) is 0 Å². The van der Waals surface area contributed by atoms with E-state index in [2.05, 4.69) is 29.0 Å². The molecule has 0 spiro atoms. The smallest absolute Gasteiger partial charge is 0.0110 e. The van der Waals surface area contributed by atoms with Crippen LogP contribution >= 0.6 is 0 Å². The maximum atomic E-state index is 3.47. The number of piperidine rings is 1. The topological polar surface area (TPSA) is 18.5 Å². The number of rotatable bonds is 3. The Morgan fingerprint density at radius 3 is 2.59 bits per heavy atom. The largest absolute Gasteiger partial charge is 0.315 e. The molecule has 100 valence electrons. The van der Waals surface area contributed by atoms with Gasteiger partial charge in [0.15, 0.2) is 0 Å². The molecule has 2 heterocycles. The molecular weight excluding hydrogens is 210 g/mol. The molecule has 0 aromatic heterocycles. The zero-order valence-corrected chi connectivity index (χ0v) is 11.6. The lowest BCUT2D eigenvalue weighted by Gasteiger charge is -2.36. The normalized spacial score (nSPS) is 33.5. The van der Waals surface area contributed by atoms with E-state index in [-0.39, 0.29) is 0 Å². The highest BCUT2D eigenvalue weighted by atomic mass is 15.2. The predicted molar refractivity (Wildman–Crippen MR) is 73.3 cm³/mol. The molecule has 2 rings (SSSR count). The third-order valence-corrected chi connectivity index (χ3v) is 4.58. The van der Waals surface area contributed by atoms with Gasteiger partial charge < -0.3 is 15.1 Å². The second kappa shape index (κ2) is 6.72. The minimum atomic E-state index is 0.884. The molecule has 3 nitrogen and oxygen atoms in total. The van der Waals surface area contributed by atoms with Crippen LogP contribution in [0.3, 0.4) is 0 Å². The van der Waals surface area contributed by atoms with Crippen molar-refractivity contribution in [3.8, 4) is 0 Å². The van der Waals surface area contributed by atoms with Crippen molar-refractivity contribution in [2.45, 2.75) is 26.7 Å². The molecule has 2 fully saturated rings. The lowest BCUT2D eigenvalue weighted by Crippen LogP contribution is -2.43. The number of likely N-dealkylation sites (tertiary alicyclic amines) is 1. The molecule has 17 heavy (non-hydrogen) atoms. The Labute approximate surface area is 107 Å². The number of hydrogen-bond acceptors (Lipinski definition) is 3. The first-order chi connectivity index (χ1) is 8.25. The van der Waals surface area contributed by atoms with E-state index in [9.17, 15) is 0 Å². The first-order valence-electron chi connectivity index (χ1n) is 7.41. The van der Waals surface area contributed by atoms with Gasteiger partial charge in [0.05, 0.1) is 0 Å². The molecule has 0 saturated carbocycles. The van der Waals surface area contributed by atoms with E-state index in [0.29, 0.717) is 0 Å². The fourth-order valence-corrected chi connectivity index (χ4v) is 2.96. The molecule has 0 amide bonds. The first kappa shape index (κ1) is 13.3. The monoisotopic (exact) mass is 239 g/mol. The first-order valence-corrected chi connectivity index (χ1v) is 7.41. The Kier molecular flexibility index (Phi) is 5.26. The van der Waals surface area contributed by atoms with Crippen molar-refractivity contribution in [3.05, 3.63) is 0 Å². The quantitative estimate of drug-likeness (QED) is 0.800. The second-order valence-corrected chi connectivity index (χ2v) is 5.99. The SMILES string of the molecule is CC1CCN(CCN2CCCNCC2)CC1C. The van der Waals surface area contributed by atoms with Gasteiger partial charge in [0.25, 0.3) is 0 Å². The summed E-state index contributed by atoms with van der Waals surface area (Å²) < 4.78 is 0. The highest BCUT2D eigenvalue weighted by molar-refractivity contribution is 4.76. The summed E-state index contributed by atoms with van der Waals surface area (Å²) in [5, 5.41) is 3.47. The van der Waals surface area contributed by atoms with E-state index in [1.807, 2.05) is 0 Å². The van der Waals surface area contributed by atoms with Crippen LogP contribution in [0.4, 0.5) is 0 Å². The van der Waals surface area contributed by atoms with E-state index in [0.717, 1.165) is 11.8 Å². The van der Waals surface area contributed by atoms with Gasteiger partial charge >= 0.3 is 0 Å². The van der Waals surface area contributed by atoms with Crippen LogP contribution in [0.15, 0.2) is 0 Å². The highest BCUT2D eigenvalue weighted by Gasteiger charge is 2.22. The summed E-state index contributed by atoms with van der Waals surface area (Å²) in [5.41, 5.74) is 0. The molecule has 1 N–H and O–H groups in total. The number of nitrogens with one attached hydrogen (secondary N) is 1. The third-order valence-electron chi connectivity index (χ3n) is 4.58. The molecule has 2 unspecified atom stereocenters. The minimum Gasteiger partial charge on any atom is -0.315 e. The fourth-order valence-electron chi connectivity index (χ4n) is 2.96. The van der Waals surface area contributed by atoms with Gasteiger partial charge in [0.1, 0.15) is 0 Å². The van der Waals surface area contributed by atoms with Gasteiger partial charge in [-0.1, -0.05) is 13.8 Å². The Balaban J connectivity index is 1.67. The zero-order chi connectivity index (χ0) is 12.1. The summed E-state index contributed by atoms with van der Waals surface area (Å²) >= 11 is 0. The van der Waals surface area contributed by atoms with Crippen LogP contribution in [-0.4, -0.2) is 62.2 Å². The van der Waals surface area contributed by atoms with Gasteiger partial charge in [-0.15, -0.1) is 0 Å². The van der Waals surface area contributed by atoms with E-state index >= 15 is 0 Å². The zero-order valence-electron chi connectivity index (χ0n) is 11.6. The summed E-state index contributed by atoms with van der Waals surface area (Å²) in [6.07, 6.45) is 2.70. The molecule has 3 heteroatoms. The summed E-state index contributed by atoms with van der Waals surface area (Å²) in [6, 6.07) is 0. The van der Waals surface area contributed by atoms with Crippen molar-refractivity contribution >= 4 is 0 Å². The van der Waals surface area contributed by atoms with Gasteiger partial charge in [-0.3, -0.25) is 0 Å². The lowest BCUT2D eigenvalue weighted by atomic mass is 9.89. The van der Waals surface area contributed by atoms with Crippen molar-refractivity contribution in [2.24, 2.45) is 11.8 Å². The Morgan fingerprint density at radius 2 is 1.76 bits per heavy atom. The average molecular weight is 239 g/mol. The molecule has 2 saturated heterocycles. The van der Waals surface area contributed by atoms with Gasteiger partial charge in [-0.2, -0.15) is 0 Å². The van der Waals surface area contributed by atoms with Crippen LogP contribution in [0.1, 0.15) is 26.7 Å². The summed E-state index contributed by atoms with van der Waals surface area (Å²) in [5.74, 6) is 1.81. The van der Waals surface area contributed by atoms with E-state index in [4.69, 9.17) is 0 Å². The molecule has 2 aliphatic rings. The van der Waals surface area contributed by atoms with Gasteiger partial charge in [-0.25, -0.2) is 0 Å². The Hall–Kier alpha value is -0.120. The maximum Gasteiger partial charge on any atom is 0.0110 e. The van der Waals surface area contributed by atoms with E-state index < -0.39 is 0 Å². The number of nitrogens with zero attached hydrogens (tertiary/aromatic N) is 2. The standard InChI is InChI=1S/C14H29N3/c1-13-4-8-17(12-14(13)2)11-10-16-7-3-5-15-6-9-16/h13-15H,3-12H2,1-2H3. The maximum absolute atomic E-state index is 3.47. The average Bonchev–Trinajstić information content (AvgIpc) is 2.59. The summed E-state index contributed by atoms with van der Waals surface area (Å²) in [6.45, 7) is 14.9. The van der Waals surface area contributed by atoms with E-state index in [1.54, 1.807) is 0 Å². The van der Waals surface area contributed by atoms with E-state index in [1.165, 1.54) is 65.2 Å². The van der Waals surface area contributed by atoms with Crippen molar-refractivity contribution < 1.29 is 0 Å². The van der Waals surface area contributed by atoms with Gasteiger partial charge in [0, 0.05) is 32.7 Å². The van der Waals surface area contributed by atoms with Crippen LogP contribution in [0, 0.1) is 11.8 Å². The molecule has 0 radical (unpaired) electrons. The third kappa shape index (κ3) is 4.23. The molecule has 0 aliphatic carbocycles. The molecular formula is C14H29N3.